The zero-order chi connectivity index (χ0) is 16.1. The normalized spacial score (nSPS) is 21.0. The van der Waals surface area contributed by atoms with Gasteiger partial charge in [-0.1, -0.05) is 34.6 Å². The van der Waals surface area contributed by atoms with E-state index < -0.39 is 24.0 Å². The minimum absolute atomic E-state index is 0.151. The number of urea groups is 1. The highest BCUT2D eigenvalue weighted by atomic mass is 79.9. The fourth-order valence-corrected chi connectivity index (χ4v) is 2.67. The number of benzene rings is 1. The maximum Gasteiger partial charge on any atom is 0.319 e. The number of hydrogen-bond acceptors (Lipinski definition) is 4. The van der Waals surface area contributed by atoms with Gasteiger partial charge in [-0.2, -0.15) is 0 Å². The fraction of sp³-hybridized carbons (Fsp3) is 0.333. The summed E-state index contributed by atoms with van der Waals surface area (Å²) in [6.45, 7) is 4.24. The van der Waals surface area contributed by atoms with Crippen LogP contribution in [-0.2, 0) is 14.3 Å². The van der Waals surface area contributed by atoms with Crippen LogP contribution in [0, 0.1) is 5.92 Å². The van der Waals surface area contributed by atoms with Crippen molar-refractivity contribution in [2.24, 2.45) is 5.92 Å². The standard InChI is InChI=1S/C15H17BrN2O4/c1-9-12(14(19)22-7-6-21-2)13(18-15(20)17-9)10-4-3-5-11(16)8-10/h3-5,8,12-13H,1,6-7H2,2H3,(H2,17,18,20)/t12-,13+/m1/s1. The second kappa shape index (κ2) is 7.42. The summed E-state index contributed by atoms with van der Waals surface area (Å²) in [7, 11) is 1.53. The van der Waals surface area contributed by atoms with E-state index in [1.54, 1.807) is 0 Å². The molecule has 118 valence electrons. The smallest absolute Gasteiger partial charge is 0.319 e. The van der Waals surface area contributed by atoms with Crippen LogP contribution >= 0.6 is 15.9 Å². The van der Waals surface area contributed by atoms with Gasteiger partial charge in [-0.05, 0) is 17.7 Å². The first-order valence-corrected chi connectivity index (χ1v) is 7.49. The van der Waals surface area contributed by atoms with Gasteiger partial charge >= 0.3 is 12.0 Å². The van der Waals surface area contributed by atoms with E-state index in [1.165, 1.54) is 7.11 Å². The van der Waals surface area contributed by atoms with Crippen LogP contribution in [0.15, 0.2) is 41.0 Å². The van der Waals surface area contributed by atoms with Crippen molar-refractivity contribution in [3.63, 3.8) is 0 Å². The maximum atomic E-state index is 12.3. The molecule has 1 aliphatic heterocycles. The van der Waals surface area contributed by atoms with Gasteiger partial charge in [0.05, 0.1) is 12.6 Å². The number of ether oxygens (including phenoxy) is 2. The van der Waals surface area contributed by atoms with Gasteiger partial charge in [-0.3, -0.25) is 4.79 Å². The Bertz CT molecular complexity index is 591. The predicted molar refractivity (Wildman–Crippen MR) is 84.0 cm³/mol. The predicted octanol–water partition coefficient (Wildman–Crippen LogP) is 2.12. The summed E-state index contributed by atoms with van der Waals surface area (Å²) in [5, 5.41) is 5.27. The molecule has 7 heteroatoms. The van der Waals surface area contributed by atoms with E-state index in [2.05, 4.69) is 33.1 Å². The molecular weight excluding hydrogens is 352 g/mol. The highest BCUT2D eigenvalue weighted by molar-refractivity contribution is 9.10. The van der Waals surface area contributed by atoms with Gasteiger partial charge in [0.1, 0.15) is 12.5 Å². The molecule has 1 aliphatic rings. The lowest BCUT2D eigenvalue weighted by Gasteiger charge is -2.33. The minimum Gasteiger partial charge on any atom is -0.463 e. The molecule has 1 fully saturated rings. The van der Waals surface area contributed by atoms with Crippen molar-refractivity contribution in [2.75, 3.05) is 20.3 Å². The van der Waals surface area contributed by atoms with Crippen LogP contribution in [0.3, 0.4) is 0 Å². The summed E-state index contributed by atoms with van der Waals surface area (Å²) in [4.78, 5) is 24.0. The summed E-state index contributed by atoms with van der Waals surface area (Å²) in [6, 6.07) is 6.46. The van der Waals surface area contributed by atoms with Gasteiger partial charge in [-0.15, -0.1) is 0 Å². The zero-order valence-corrected chi connectivity index (χ0v) is 13.7. The molecule has 0 aliphatic carbocycles. The van der Waals surface area contributed by atoms with Crippen molar-refractivity contribution >= 4 is 27.9 Å². The van der Waals surface area contributed by atoms with Crippen LogP contribution in [-0.4, -0.2) is 32.3 Å². The molecule has 0 bridgehead atoms. The number of nitrogens with one attached hydrogen (secondary N) is 2. The number of rotatable bonds is 5. The van der Waals surface area contributed by atoms with Crippen LogP contribution in [0.25, 0.3) is 0 Å². The van der Waals surface area contributed by atoms with Gasteiger partial charge < -0.3 is 20.1 Å². The Morgan fingerprint density at radius 1 is 1.41 bits per heavy atom. The third-order valence-corrected chi connectivity index (χ3v) is 3.76. The number of amides is 2. The maximum absolute atomic E-state index is 12.3. The van der Waals surface area contributed by atoms with Gasteiger partial charge in [0.15, 0.2) is 0 Å². The van der Waals surface area contributed by atoms with Crippen LogP contribution in [0.4, 0.5) is 4.79 Å². The van der Waals surface area contributed by atoms with Crippen molar-refractivity contribution in [1.29, 1.82) is 0 Å². The molecule has 2 rings (SSSR count). The Hall–Kier alpha value is -1.86. The average Bonchev–Trinajstić information content (AvgIpc) is 2.46. The molecule has 1 saturated heterocycles. The molecule has 0 saturated carbocycles. The quantitative estimate of drug-likeness (QED) is 0.616. The third kappa shape index (κ3) is 3.86. The van der Waals surface area contributed by atoms with E-state index >= 15 is 0 Å². The van der Waals surface area contributed by atoms with E-state index in [0.29, 0.717) is 12.3 Å². The van der Waals surface area contributed by atoms with Gasteiger partial charge in [-0.25, -0.2) is 4.79 Å². The lowest BCUT2D eigenvalue weighted by Crippen LogP contribution is -2.51. The molecule has 6 nitrogen and oxygen atoms in total. The van der Waals surface area contributed by atoms with E-state index in [0.717, 1.165) is 10.0 Å². The van der Waals surface area contributed by atoms with Gasteiger partial charge in [0, 0.05) is 17.3 Å². The average molecular weight is 369 g/mol. The lowest BCUT2D eigenvalue weighted by atomic mass is 9.89. The van der Waals surface area contributed by atoms with Crippen molar-refractivity contribution in [2.45, 2.75) is 6.04 Å². The fourth-order valence-electron chi connectivity index (χ4n) is 2.25. The van der Waals surface area contributed by atoms with Crippen LogP contribution < -0.4 is 10.6 Å². The Balaban J connectivity index is 2.24. The van der Waals surface area contributed by atoms with Crippen LogP contribution in [0.5, 0.6) is 0 Å². The second-order valence-corrected chi connectivity index (χ2v) is 5.71. The summed E-state index contributed by atoms with van der Waals surface area (Å²) in [6.07, 6.45) is 0. The van der Waals surface area contributed by atoms with E-state index in [4.69, 9.17) is 9.47 Å². The number of carbonyl (C=O) groups is 2. The van der Waals surface area contributed by atoms with Crippen LogP contribution in [0.2, 0.25) is 0 Å². The number of esters is 1. The van der Waals surface area contributed by atoms with Crippen LogP contribution in [0.1, 0.15) is 11.6 Å². The summed E-state index contributed by atoms with van der Waals surface area (Å²) in [5.41, 5.74) is 1.11. The number of hydrogen-bond donors (Lipinski definition) is 2. The SMILES string of the molecule is C=C1NC(=O)N[C@@H](c2cccc(Br)c2)[C@@H]1C(=O)OCCOC. The van der Waals surface area contributed by atoms with E-state index in [1.807, 2.05) is 24.3 Å². The Morgan fingerprint density at radius 3 is 2.86 bits per heavy atom. The number of carbonyl (C=O) groups excluding carboxylic acids is 2. The highest BCUT2D eigenvalue weighted by Gasteiger charge is 2.38. The highest BCUT2D eigenvalue weighted by Crippen LogP contribution is 2.31. The molecule has 1 heterocycles. The zero-order valence-electron chi connectivity index (χ0n) is 12.1. The topological polar surface area (TPSA) is 76.7 Å². The van der Waals surface area contributed by atoms with Crippen molar-refractivity contribution in [1.82, 2.24) is 10.6 Å². The largest absolute Gasteiger partial charge is 0.463 e. The first-order chi connectivity index (χ1) is 10.5. The summed E-state index contributed by atoms with van der Waals surface area (Å²) >= 11 is 3.38. The van der Waals surface area contributed by atoms with E-state index in [-0.39, 0.29) is 6.61 Å². The minimum atomic E-state index is -0.705. The van der Waals surface area contributed by atoms with Gasteiger partial charge in [0.25, 0.3) is 0 Å². The second-order valence-electron chi connectivity index (χ2n) is 4.79. The first kappa shape index (κ1) is 16.5. The molecular formula is C15H17BrN2O4. The summed E-state index contributed by atoms with van der Waals surface area (Å²) in [5.74, 6) is -1.16. The molecule has 2 N–H and O–H groups in total. The molecule has 0 aromatic heterocycles. The van der Waals surface area contributed by atoms with Crippen molar-refractivity contribution < 1.29 is 19.1 Å². The Labute approximate surface area is 137 Å². The monoisotopic (exact) mass is 368 g/mol. The molecule has 1 aromatic carbocycles. The summed E-state index contributed by atoms with van der Waals surface area (Å²) < 4.78 is 10.9. The Kier molecular flexibility index (Phi) is 5.57. The molecule has 2 atom stereocenters. The van der Waals surface area contributed by atoms with Gasteiger partial charge in [0.2, 0.25) is 0 Å². The number of methoxy groups -OCH3 is 1. The van der Waals surface area contributed by atoms with Crippen molar-refractivity contribution in [3.05, 3.63) is 46.6 Å². The number of halogens is 1. The molecule has 0 radical (unpaired) electrons. The van der Waals surface area contributed by atoms with Crippen molar-refractivity contribution in [3.8, 4) is 0 Å². The third-order valence-electron chi connectivity index (χ3n) is 3.26. The lowest BCUT2D eigenvalue weighted by molar-refractivity contribution is -0.149. The van der Waals surface area contributed by atoms with E-state index in [9.17, 15) is 9.59 Å². The molecule has 1 aromatic rings. The first-order valence-electron chi connectivity index (χ1n) is 6.70. The molecule has 0 spiro atoms. The molecule has 22 heavy (non-hydrogen) atoms. The Morgan fingerprint density at radius 2 is 2.18 bits per heavy atom. The molecule has 2 amide bonds. The molecule has 0 unspecified atom stereocenters.